The highest BCUT2D eigenvalue weighted by atomic mass is 19.1. The van der Waals surface area contributed by atoms with Gasteiger partial charge < -0.3 is 9.73 Å². The Bertz CT molecular complexity index is 715. The van der Waals surface area contributed by atoms with Crippen LogP contribution < -0.4 is 5.32 Å². The van der Waals surface area contributed by atoms with Crippen molar-refractivity contribution in [3.05, 3.63) is 59.9 Å². The highest BCUT2D eigenvalue weighted by Gasteiger charge is 2.09. The number of nitrogens with one attached hydrogen (secondary N) is 1. The number of rotatable bonds is 4. The van der Waals surface area contributed by atoms with Crippen molar-refractivity contribution in [2.75, 3.05) is 6.54 Å². The molecule has 0 aliphatic carbocycles. The van der Waals surface area contributed by atoms with E-state index in [-0.39, 0.29) is 5.82 Å². The molecule has 0 atom stereocenters. The summed E-state index contributed by atoms with van der Waals surface area (Å²) in [6.45, 7) is 3.88. The van der Waals surface area contributed by atoms with Crippen LogP contribution in [0.2, 0.25) is 0 Å². The van der Waals surface area contributed by atoms with Gasteiger partial charge in [-0.15, -0.1) is 0 Å². The van der Waals surface area contributed by atoms with Crippen LogP contribution in [0.4, 0.5) is 4.39 Å². The van der Waals surface area contributed by atoms with E-state index in [1.165, 1.54) is 11.6 Å². The number of halogens is 1. The van der Waals surface area contributed by atoms with Gasteiger partial charge in [-0.1, -0.05) is 43.3 Å². The third kappa shape index (κ3) is 2.45. The average Bonchev–Trinajstić information content (AvgIpc) is 2.91. The van der Waals surface area contributed by atoms with Crippen LogP contribution in [-0.2, 0) is 6.54 Å². The largest absolute Gasteiger partial charge is 0.453 e. The van der Waals surface area contributed by atoms with Gasteiger partial charge >= 0.3 is 0 Å². The van der Waals surface area contributed by atoms with Gasteiger partial charge in [0, 0.05) is 17.5 Å². The Morgan fingerprint density at radius 2 is 1.90 bits per heavy atom. The van der Waals surface area contributed by atoms with Gasteiger partial charge in [0.05, 0.1) is 0 Å². The molecule has 102 valence electrons. The molecule has 0 aliphatic rings. The first-order valence-electron chi connectivity index (χ1n) is 6.76. The molecule has 0 fully saturated rings. The minimum Gasteiger partial charge on any atom is -0.453 e. The van der Waals surface area contributed by atoms with Gasteiger partial charge in [0.15, 0.2) is 11.4 Å². The Morgan fingerprint density at radius 3 is 2.60 bits per heavy atom. The molecule has 1 heterocycles. The van der Waals surface area contributed by atoms with Gasteiger partial charge in [0.2, 0.25) is 0 Å². The Morgan fingerprint density at radius 1 is 1.10 bits per heavy atom. The molecule has 0 amide bonds. The molecule has 0 saturated heterocycles. The highest BCUT2D eigenvalue weighted by molar-refractivity contribution is 5.83. The topological polar surface area (TPSA) is 25.2 Å². The molecule has 2 nitrogen and oxygen atoms in total. The Balaban J connectivity index is 1.92. The minimum absolute atomic E-state index is 0.319. The summed E-state index contributed by atoms with van der Waals surface area (Å²) >= 11 is 0. The van der Waals surface area contributed by atoms with Crippen molar-refractivity contribution in [3.63, 3.8) is 0 Å². The summed E-state index contributed by atoms with van der Waals surface area (Å²) in [6.07, 6.45) is 0. The lowest BCUT2D eigenvalue weighted by Gasteiger charge is -2.02. The van der Waals surface area contributed by atoms with Crippen LogP contribution in [0.5, 0.6) is 0 Å². The SMILES string of the molecule is CCNCc1ccc(-c2cc3cccc(F)c3o2)cc1. The molecule has 0 bridgehead atoms. The number of hydrogen-bond donors (Lipinski definition) is 1. The second-order valence-corrected chi connectivity index (χ2v) is 4.75. The number of hydrogen-bond acceptors (Lipinski definition) is 2. The van der Waals surface area contributed by atoms with Crippen LogP contribution in [0.15, 0.2) is 52.9 Å². The first-order chi connectivity index (χ1) is 9.78. The number of para-hydroxylation sites is 1. The molecule has 0 unspecified atom stereocenters. The van der Waals surface area contributed by atoms with Crippen molar-refractivity contribution < 1.29 is 8.81 Å². The molecule has 0 spiro atoms. The first kappa shape index (κ1) is 12.9. The fraction of sp³-hybridized carbons (Fsp3) is 0.176. The molecule has 0 aliphatic heterocycles. The summed E-state index contributed by atoms with van der Waals surface area (Å²) in [7, 11) is 0. The molecule has 3 rings (SSSR count). The predicted octanol–water partition coefficient (Wildman–Crippen LogP) is 4.35. The van der Waals surface area contributed by atoms with E-state index in [2.05, 4.69) is 24.4 Å². The molecule has 2 aromatic carbocycles. The second kappa shape index (κ2) is 5.47. The maximum atomic E-state index is 13.6. The summed E-state index contributed by atoms with van der Waals surface area (Å²) in [4.78, 5) is 0. The predicted molar refractivity (Wildman–Crippen MR) is 79.0 cm³/mol. The zero-order valence-electron chi connectivity index (χ0n) is 11.3. The average molecular weight is 269 g/mol. The molecule has 1 aromatic heterocycles. The standard InChI is InChI=1S/C17H16FNO/c1-2-19-11-12-6-8-13(9-7-12)16-10-14-4-3-5-15(18)17(14)20-16/h3-10,19H,2,11H2,1H3. The van der Waals surface area contributed by atoms with Crippen LogP contribution in [0.3, 0.4) is 0 Å². The first-order valence-corrected chi connectivity index (χ1v) is 6.76. The van der Waals surface area contributed by atoms with E-state index >= 15 is 0 Å². The fourth-order valence-electron chi connectivity index (χ4n) is 2.23. The summed E-state index contributed by atoms with van der Waals surface area (Å²) in [5, 5.41) is 4.07. The van der Waals surface area contributed by atoms with E-state index < -0.39 is 0 Å². The highest BCUT2D eigenvalue weighted by Crippen LogP contribution is 2.29. The van der Waals surface area contributed by atoms with Crippen molar-refractivity contribution >= 4 is 11.0 Å². The van der Waals surface area contributed by atoms with E-state index in [0.717, 1.165) is 24.0 Å². The van der Waals surface area contributed by atoms with E-state index in [1.807, 2.05) is 24.3 Å². The number of furan rings is 1. The fourth-order valence-corrected chi connectivity index (χ4v) is 2.23. The summed E-state index contributed by atoms with van der Waals surface area (Å²) in [6, 6.07) is 14.9. The minimum atomic E-state index is -0.322. The molecular formula is C17H16FNO. The van der Waals surface area contributed by atoms with Crippen LogP contribution in [0, 0.1) is 5.82 Å². The Hall–Kier alpha value is -2.13. The molecule has 0 saturated carbocycles. The maximum absolute atomic E-state index is 13.6. The molecule has 20 heavy (non-hydrogen) atoms. The van der Waals surface area contributed by atoms with Gasteiger partial charge in [0.25, 0.3) is 0 Å². The lowest BCUT2D eigenvalue weighted by atomic mass is 10.1. The Kier molecular flexibility index (Phi) is 3.52. The van der Waals surface area contributed by atoms with Crippen molar-refractivity contribution in [2.45, 2.75) is 13.5 Å². The lowest BCUT2D eigenvalue weighted by molar-refractivity contribution is 0.569. The maximum Gasteiger partial charge on any atom is 0.170 e. The molecule has 1 N–H and O–H groups in total. The molecule has 3 heteroatoms. The van der Waals surface area contributed by atoms with E-state index in [1.54, 1.807) is 6.07 Å². The van der Waals surface area contributed by atoms with Gasteiger partial charge in [-0.25, -0.2) is 4.39 Å². The van der Waals surface area contributed by atoms with Crippen molar-refractivity contribution in [3.8, 4) is 11.3 Å². The Labute approximate surface area is 117 Å². The van der Waals surface area contributed by atoms with Crippen molar-refractivity contribution in [1.82, 2.24) is 5.32 Å². The smallest absolute Gasteiger partial charge is 0.170 e. The normalized spacial score (nSPS) is 11.1. The lowest BCUT2D eigenvalue weighted by Crippen LogP contribution is -2.11. The number of benzene rings is 2. The molecule has 3 aromatic rings. The quantitative estimate of drug-likeness (QED) is 0.761. The van der Waals surface area contributed by atoms with Crippen LogP contribution in [0.25, 0.3) is 22.3 Å². The van der Waals surface area contributed by atoms with Crippen molar-refractivity contribution in [2.24, 2.45) is 0 Å². The van der Waals surface area contributed by atoms with Gasteiger partial charge in [-0.05, 0) is 24.2 Å². The third-order valence-corrected chi connectivity index (χ3v) is 3.31. The summed E-state index contributed by atoms with van der Waals surface area (Å²) in [5.74, 6) is 0.373. The second-order valence-electron chi connectivity index (χ2n) is 4.75. The van der Waals surface area contributed by atoms with Gasteiger partial charge in [-0.3, -0.25) is 0 Å². The van der Waals surface area contributed by atoms with Crippen LogP contribution in [0.1, 0.15) is 12.5 Å². The van der Waals surface area contributed by atoms with Gasteiger partial charge in [0.1, 0.15) is 5.76 Å². The van der Waals surface area contributed by atoms with E-state index in [0.29, 0.717) is 11.3 Å². The van der Waals surface area contributed by atoms with E-state index in [4.69, 9.17) is 4.42 Å². The summed E-state index contributed by atoms with van der Waals surface area (Å²) in [5.41, 5.74) is 2.50. The zero-order chi connectivity index (χ0) is 13.9. The van der Waals surface area contributed by atoms with Crippen LogP contribution in [-0.4, -0.2) is 6.54 Å². The number of fused-ring (bicyclic) bond motifs is 1. The monoisotopic (exact) mass is 269 g/mol. The molecule has 0 radical (unpaired) electrons. The third-order valence-electron chi connectivity index (χ3n) is 3.31. The van der Waals surface area contributed by atoms with Crippen LogP contribution >= 0.6 is 0 Å². The van der Waals surface area contributed by atoms with E-state index in [9.17, 15) is 4.39 Å². The summed E-state index contributed by atoms with van der Waals surface area (Å²) < 4.78 is 19.2. The zero-order valence-corrected chi connectivity index (χ0v) is 11.3. The van der Waals surface area contributed by atoms with Crippen molar-refractivity contribution in [1.29, 1.82) is 0 Å². The molecular weight excluding hydrogens is 253 g/mol. The van der Waals surface area contributed by atoms with Gasteiger partial charge in [-0.2, -0.15) is 0 Å².